The zero-order valence-electron chi connectivity index (χ0n) is 14.2. The van der Waals surface area contributed by atoms with Crippen LogP contribution < -0.4 is 5.32 Å². The summed E-state index contributed by atoms with van der Waals surface area (Å²) in [6, 6.07) is 17.2. The Labute approximate surface area is 148 Å². The Kier molecular flexibility index (Phi) is 6.04. The van der Waals surface area contributed by atoms with Crippen LogP contribution in [0.15, 0.2) is 54.6 Å². The average molecular weight is 340 g/mol. The maximum absolute atomic E-state index is 12.1. The largest absolute Gasteiger partial charge is 0.508 e. The molecule has 0 radical (unpaired) electrons. The second kappa shape index (κ2) is 8.65. The quantitative estimate of drug-likeness (QED) is 0.844. The molecule has 1 fully saturated rings. The number of hydrogen-bond donors (Lipinski definition) is 2. The molecule has 1 saturated heterocycles. The van der Waals surface area contributed by atoms with Crippen LogP contribution in [0.2, 0.25) is 0 Å². The molecule has 1 aliphatic heterocycles. The van der Waals surface area contributed by atoms with Gasteiger partial charge in [-0.3, -0.25) is 9.69 Å². The van der Waals surface area contributed by atoms with Crippen LogP contribution in [0.25, 0.3) is 0 Å². The SMILES string of the molecule is O=C(Cc1cccc(O)c1)NC[C@@H]1CN(Cc2ccccc2)CCO1. The van der Waals surface area contributed by atoms with Gasteiger partial charge in [-0.2, -0.15) is 0 Å². The summed E-state index contributed by atoms with van der Waals surface area (Å²) in [7, 11) is 0. The highest BCUT2D eigenvalue weighted by atomic mass is 16.5. The van der Waals surface area contributed by atoms with Crippen LogP contribution in [-0.4, -0.2) is 48.3 Å². The first-order valence-electron chi connectivity index (χ1n) is 8.61. The molecule has 5 nitrogen and oxygen atoms in total. The van der Waals surface area contributed by atoms with Crippen molar-refractivity contribution in [2.45, 2.75) is 19.1 Å². The van der Waals surface area contributed by atoms with E-state index in [4.69, 9.17) is 4.74 Å². The first kappa shape index (κ1) is 17.5. The van der Waals surface area contributed by atoms with Gasteiger partial charge in [0.1, 0.15) is 5.75 Å². The summed E-state index contributed by atoms with van der Waals surface area (Å²) in [4.78, 5) is 14.4. The molecular weight excluding hydrogens is 316 g/mol. The number of rotatable bonds is 6. The molecule has 5 heteroatoms. The Morgan fingerprint density at radius 3 is 2.76 bits per heavy atom. The van der Waals surface area contributed by atoms with Crippen LogP contribution in [0.3, 0.4) is 0 Å². The number of phenolic OH excluding ortho intramolecular Hbond substituents is 1. The van der Waals surface area contributed by atoms with Gasteiger partial charge < -0.3 is 15.2 Å². The van der Waals surface area contributed by atoms with E-state index in [1.165, 1.54) is 5.56 Å². The van der Waals surface area contributed by atoms with Crippen molar-refractivity contribution in [2.75, 3.05) is 26.2 Å². The molecule has 1 amide bonds. The van der Waals surface area contributed by atoms with Crippen LogP contribution in [0, 0.1) is 0 Å². The lowest BCUT2D eigenvalue weighted by molar-refractivity contribution is -0.121. The van der Waals surface area contributed by atoms with Gasteiger partial charge in [0.05, 0.1) is 19.1 Å². The fourth-order valence-electron chi connectivity index (χ4n) is 3.03. The van der Waals surface area contributed by atoms with Crippen molar-refractivity contribution in [2.24, 2.45) is 0 Å². The van der Waals surface area contributed by atoms with Crippen molar-refractivity contribution in [3.63, 3.8) is 0 Å². The second-order valence-electron chi connectivity index (χ2n) is 6.36. The summed E-state index contributed by atoms with van der Waals surface area (Å²) in [5.41, 5.74) is 2.09. The number of morpholine rings is 1. The molecule has 0 spiro atoms. The minimum Gasteiger partial charge on any atom is -0.508 e. The number of nitrogens with zero attached hydrogens (tertiary/aromatic N) is 1. The summed E-state index contributed by atoms with van der Waals surface area (Å²) >= 11 is 0. The van der Waals surface area contributed by atoms with Gasteiger partial charge in [-0.05, 0) is 23.3 Å². The first-order chi connectivity index (χ1) is 12.2. The van der Waals surface area contributed by atoms with Crippen LogP contribution in [-0.2, 0) is 22.5 Å². The number of phenols is 1. The molecule has 25 heavy (non-hydrogen) atoms. The van der Waals surface area contributed by atoms with Crippen LogP contribution in [0.4, 0.5) is 0 Å². The number of aromatic hydroxyl groups is 1. The van der Waals surface area contributed by atoms with E-state index in [0.29, 0.717) is 13.2 Å². The zero-order valence-corrected chi connectivity index (χ0v) is 14.2. The molecule has 3 rings (SSSR count). The van der Waals surface area contributed by atoms with Crippen molar-refractivity contribution in [1.29, 1.82) is 0 Å². The van der Waals surface area contributed by atoms with Gasteiger partial charge in [0.25, 0.3) is 0 Å². The highest BCUT2D eigenvalue weighted by Gasteiger charge is 2.21. The maximum atomic E-state index is 12.1. The molecule has 2 aromatic rings. The monoisotopic (exact) mass is 340 g/mol. The lowest BCUT2D eigenvalue weighted by atomic mass is 10.1. The third-order valence-electron chi connectivity index (χ3n) is 4.27. The third kappa shape index (κ3) is 5.59. The van der Waals surface area contributed by atoms with E-state index in [9.17, 15) is 9.90 Å². The van der Waals surface area contributed by atoms with E-state index in [2.05, 4.69) is 34.5 Å². The molecule has 132 valence electrons. The second-order valence-corrected chi connectivity index (χ2v) is 6.36. The lowest BCUT2D eigenvalue weighted by Gasteiger charge is -2.33. The van der Waals surface area contributed by atoms with Gasteiger partial charge >= 0.3 is 0 Å². The molecule has 0 aromatic heterocycles. The molecule has 2 N–H and O–H groups in total. The summed E-state index contributed by atoms with van der Waals surface area (Å²) < 4.78 is 5.77. The van der Waals surface area contributed by atoms with E-state index in [1.54, 1.807) is 18.2 Å². The molecule has 0 unspecified atom stereocenters. The highest BCUT2D eigenvalue weighted by Crippen LogP contribution is 2.12. The van der Waals surface area contributed by atoms with Crippen LogP contribution >= 0.6 is 0 Å². The fourth-order valence-corrected chi connectivity index (χ4v) is 3.03. The van der Waals surface area contributed by atoms with Crippen molar-refractivity contribution in [3.8, 4) is 5.75 Å². The number of nitrogens with one attached hydrogen (secondary N) is 1. The van der Waals surface area contributed by atoms with Crippen molar-refractivity contribution in [3.05, 3.63) is 65.7 Å². The van der Waals surface area contributed by atoms with Crippen molar-refractivity contribution < 1.29 is 14.6 Å². The Bertz CT molecular complexity index is 690. The number of ether oxygens (including phenoxy) is 1. The Balaban J connectivity index is 1.44. The Morgan fingerprint density at radius 2 is 1.96 bits per heavy atom. The highest BCUT2D eigenvalue weighted by molar-refractivity contribution is 5.78. The van der Waals surface area contributed by atoms with Gasteiger partial charge in [0, 0.05) is 26.2 Å². The summed E-state index contributed by atoms with van der Waals surface area (Å²) in [6.07, 6.45) is 0.264. The van der Waals surface area contributed by atoms with Crippen molar-refractivity contribution >= 4 is 5.91 Å². The number of amides is 1. The molecule has 1 aliphatic rings. The van der Waals surface area contributed by atoms with Crippen LogP contribution in [0.1, 0.15) is 11.1 Å². The summed E-state index contributed by atoms with van der Waals surface area (Å²) in [6.45, 7) is 3.80. The molecule has 0 saturated carbocycles. The normalized spacial score (nSPS) is 18.0. The van der Waals surface area contributed by atoms with Gasteiger partial charge in [0.2, 0.25) is 5.91 Å². The van der Waals surface area contributed by atoms with Gasteiger partial charge in [0.15, 0.2) is 0 Å². The predicted molar refractivity (Wildman–Crippen MR) is 96.3 cm³/mol. The van der Waals surface area contributed by atoms with Crippen molar-refractivity contribution in [1.82, 2.24) is 10.2 Å². The smallest absolute Gasteiger partial charge is 0.224 e. The van der Waals surface area contributed by atoms with Gasteiger partial charge in [-0.25, -0.2) is 0 Å². The Hall–Kier alpha value is -2.37. The van der Waals surface area contributed by atoms with E-state index < -0.39 is 0 Å². The van der Waals surface area contributed by atoms with E-state index in [-0.39, 0.29) is 24.2 Å². The molecule has 0 bridgehead atoms. The number of carbonyl (C=O) groups is 1. The molecule has 2 aromatic carbocycles. The predicted octanol–water partition coefficient (Wildman–Crippen LogP) is 1.95. The topological polar surface area (TPSA) is 61.8 Å². The van der Waals surface area contributed by atoms with E-state index in [1.807, 2.05) is 12.1 Å². The Morgan fingerprint density at radius 1 is 1.16 bits per heavy atom. The average Bonchev–Trinajstić information content (AvgIpc) is 2.61. The zero-order chi connectivity index (χ0) is 17.5. The van der Waals surface area contributed by atoms with Gasteiger partial charge in [-0.15, -0.1) is 0 Å². The minimum absolute atomic E-state index is 0.00517. The number of benzene rings is 2. The lowest BCUT2D eigenvalue weighted by Crippen LogP contribution is -2.47. The molecule has 1 atom stereocenters. The van der Waals surface area contributed by atoms with Gasteiger partial charge in [-0.1, -0.05) is 42.5 Å². The number of hydrogen-bond acceptors (Lipinski definition) is 4. The minimum atomic E-state index is -0.0608. The standard InChI is InChI=1S/C20H24N2O3/c23-18-8-4-7-17(11-18)12-20(24)21-13-19-15-22(9-10-25-19)14-16-5-2-1-3-6-16/h1-8,11,19,23H,9-10,12-15H2,(H,21,24)/t19-/m1/s1. The summed E-state index contributed by atoms with van der Waals surface area (Å²) in [5.74, 6) is 0.117. The number of carbonyl (C=O) groups excluding carboxylic acids is 1. The maximum Gasteiger partial charge on any atom is 0.224 e. The molecule has 0 aliphatic carbocycles. The first-order valence-corrected chi connectivity index (χ1v) is 8.61. The van der Waals surface area contributed by atoms with E-state index in [0.717, 1.165) is 25.2 Å². The summed E-state index contributed by atoms with van der Waals surface area (Å²) in [5, 5.41) is 12.4. The molecule has 1 heterocycles. The fraction of sp³-hybridized carbons (Fsp3) is 0.350. The third-order valence-corrected chi connectivity index (χ3v) is 4.27. The van der Waals surface area contributed by atoms with E-state index >= 15 is 0 Å². The molecular formula is C20H24N2O3. The van der Waals surface area contributed by atoms with Crippen LogP contribution in [0.5, 0.6) is 5.75 Å².